The summed E-state index contributed by atoms with van der Waals surface area (Å²) in [6.07, 6.45) is 0. The highest BCUT2D eigenvalue weighted by atomic mass is 16.5. The summed E-state index contributed by atoms with van der Waals surface area (Å²) in [5.74, 6) is 1.51. The molecule has 138 valence electrons. The number of ether oxygens (including phenoxy) is 2. The van der Waals surface area contributed by atoms with Crippen molar-refractivity contribution in [1.82, 2.24) is 0 Å². The number of benzene rings is 3. The van der Waals surface area contributed by atoms with Gasteiger partial charge in [0, 0.05) is 5.39 Å². The quantitative estimate of drug-likeness (QED) is 0.674. The second kappa shape index (κ2) is 6.62. The van der Waals surface area contributed by atoms with Gasteiger partial charge in [0.15, 0.2) is 5.60 Å². The third-order valence-electron chi connectivity index (χ3n) is 4.85. The number of fused-ring (bicyclic) bond motifs is 2. The third-order valence-corrected chi connectivity index (χ3v) is 4.85. The van der Waals surface area contributed by atoms with E-state index in [-0.39, 0.29) is 5.91 Å². The second-order valence-electron chi connectivity index (χ2n) is 7.37. The van der Waals surface area contributed by atoms with Crippen LogP contribution in [0.2, 0.25) is 0 Å². The molecule has 3 aromatic rings. The van der Waals surface area contributed by atoms with Crippen molar-refractivity contribution in [3.63, 3.8) is 0 Å². The van der Waals surface area contributed by atoms with Crippen molar-refractivity contribution in [2.24, 2.45) is 0 Å². The zero-order valence-corrected chi connectivity index (χ0v) is 15.9. The molecule has 4 heteroatoms. The number of nitrogens with zero attached hydrogens (tertiary/aromatic N) is 1. The summed E-state index contributed by atoms with van der Waals surface area (Å²) >= 11 is 0. The Bertz CT molecular complexity index is 1000. The number of carbonyl (C=O) groups is 1. The number of carbonyl (C=O) groups excluding carboxylic acids is 1. The van der Waals surface area contributed by atoms with Crippen LogP contribution in [0.4, 0.5) is 5.69 Å². The Morgan fingerprint density at radius 1 is 1.04 bits per heavy atom. The van der Waals surface area contributed by atoms with Crippen LogP contribution in [-0.4, -0.2) is 24.7 Å². The van der Waals surface area contributed by atoms with Crippen LogP contribution in [0, 0.1) is 6.92 Å². The number of rotatable bonds is 4. The van der Waals surface area contributed by atoms with Gasteiger partial charge in [-0.15, -0.1) is 0 Å². The molecule has 27 heavy (non-hydrogen) atoms. The first-order valence-corrected chi connectivity index (χ1v) is 9.18. The molecule has 0 bridgehead atoms. The van der Waals surface area contributed by atoms with Gasteiger partial charge in [-0.25, -0.2) is 0 Å². The normalized spacial score (nSPS) is 15.4. The Morgan fingerprint density at radius 3 is 2.67 bits per heavy atom. The van der Waals surface area contributed by atoms with E-state index in [1.807, 2.05) is 55.5 Å². The van der Waals surface area contributed by atoms with Crippen LogP contribution in [0.15, 0.2) is 60.7 Å². The fourth-order valence-corrected chi connectivity index (χ4v) is 3.47. The standard InChI is InChI=1S/C23H23NO3/c1-16-11-12-21-19(15-16)24(22(25)23(2,3)27-21)13-14-26-20-10-6-8-17-7-4-5-9-18(17)20/h4-12,15H,13-14H2,1-3H3. The smallest absolute Gasteiger partial charge is 0.270 e. The molecule has 0 aliphatic carbocycles. The van der Waals surface area contributed by atoms with Crippen LogP contribution in [-0.2, 0) is 4.79 Å². The van der Waals surface area contributed by atoms with Gasteiger partial charge < -0.3 is 14.4 Å². The zero-order chi connectivity index (χ0) is 19.0. The van der Waals surface area contributed by atoms with E-state index in [9.17, 15) is 4.79 Å². The Hall–Kier alpha value is -3.01. The van der Waals surface area contributed by atoms with Gasteiger partial charge in [0.05, 0.1) is 12.2 Å². The van der Waals surface area contributed by atoms with E-state index < -0.39 is 5.60 Å². The summed E-state index contributed by atoms with van der Waals surface area (Å²) in [6.45, 7) is 6.48. The Labute approximate surface area is 159 Å². The van der Waals surface area contributed by atoms with Gasteiger partial charge in [0.2, 0.25) is 0 Å². The summed E-state index contributed by atoms with van der Waals surface area (Å²) < 4.78 is 12.0. The number of aryl methyl sites for hydroxylation is 1. The molecule has 4 nitrogen and oxygen atoms in total. The van der Waals surface area contributed by atoms with Gasteiger partial charge in [-0.3, -0.25) is 4.79 Å². The fraction of sp³-hybridized carbons (Fsp3) is 0.261. The Kier molecular flexibility index (Phi) is 4.27. The maximum absolute atomic E-state index is 12.9. The molecular weight excluding hydrogens is 338 g/mol. The minimum atomic E-state index is -0.887. The van der Waals surface area contributed by atoms with E-state index in [0.717, 1.165) is 33.5 Å². The summed E-state index contributed by atoms with van der Waals surface area (Å²) in [6, 6.07) is 20.1. The monoisotopic (exact) mass is 361 g/mol. The molecule has 3 aromatic carbocycles. The number of hydrogen-bond donors (Lipinski definition) is 0. The van der Waals surface area contributed by atoms with Crippen LogP contribution in [0.3, 0.4) is 0 Å². The average molecular weight is 361 g/mol. The summed E-state index contributed by atoms with van der Waals surface area (Å²) in [5.41, 5.74) is 1.01. The molecule has 1 aliphatic rings. The maximum atomic E-state index is 12.9. The van der Waals surface area contributed by atoms with E-state index in [4.69, 9.17) is 9.47 Å². The minimum Gasteiger partial charge on any atom is -0.491 e. The van der Waals surface area contributed by atoms with Crippen molar-refractivity contribution < 1.29 is 14.3 Å². The van der Waals surface area contributed by atoms with Gasteiger partial charge in [0.1, 0.15) is 18.1 Å². The minimum absolute atomic E-state index is 0.0536. The Morgan fingerprint density at radius 2 is 1.81 bits per heavy atom. The van der Waals surface area contributed by atoms with Crippen LogP contribution in [0.5, 0.6) is 11.5 Å². The predicted molar refractivity (Wildman–Crippen MR) is 108 cm³/mol. The van der Waals surface area contributed by atoms with Gasteiger partial charge in [-0.05, 0) is 49.9 Å². The van der Waals surface area contributed by atoms with Gasteiger partial charge >= 0.3 is 0 Å². The summed E-state index contributed by atoms with van der Waals surface area (Å²) in [4.78, 5) is 14.7. The van der Waals surface area contributed by atoms with E-state index in [2.05, 4.69) is 12.1 Å². The lowest BCUT2D eigenvalue weighted by Gasteiger charge is -2.38. The topological polar surface area (TPSA) is 38.8 Å². The highest BCUT2D eigenvalue weighted by molar-refractivity contribution is 6.02. The SMILES string of the molecule is Cc1ccc2c(c1)N(CCOc1cccc3ccccc13)C(=O)C(C)(C)O2. The van der Waals surface area contributed by atoms with Crippen molar-refractivity contribution in [1.29, 1.82) is 0 Å². The van der Waals surface area contributed by atoms with Crippen molar-refractivity contribution in [2.75, 3.05) is 18.1 Å². The fourth-order valence-electron chi connectivity index (χ4n) is 3.47. The lowest BCUT2D eigenvalue weighted by molar-refractivity contribution is -0.132. The molecule has 1 heterocycles. The van der Waals surface area contributed by atoms with Crippen molar-refractivity contribution in [3.05, 3.63) is 66.2 Å². The van der Waals surface area contributed by atoms with Gasteiger partial charge in [-0.1, -0.05) is 42.5 Å². The van der Waals surface area contributed by atoms with Crippen LogP contribution in [0.1, 0.15) is 19.4 Å². The van der Waals surface area contributed by atoms with E-state index >= 15 is 0 Å². The summed E-state index contributed by atoms with van der Waals surface area (Å²) in [7, 11) is 0. The molecule has 0 aromatic heterocycles. The van der Waals surface area contributed by atoms with E-state index in [1.54, 1.807) is 18.7 Å². The molecule has 0 saturated carbocycles. The molecule has 1 aliphatic heterocycles. The molecular formula is C23H23NO3. The molecule has 1 amide bonds. The Balaban J connectivity index is 1.57. The first-order chi connectivity index (χ1) is 13.0. The van der Waals surface area contributed by atoms with E-state index in [1.165, 1.54) is 0 Å². The number of hydrogen-bond acceptors (Lipinski definition) is 3. The second-order valence-corrected chi connectivity index (χ2v) is 7.37. The maximum Gasteiger partial charge on any atom is 0.270 e. The molecule has 0 saturated heterocycles. The average Bonchev–Trinajstić information content (AvgIpc) is 2.65. The predicted octanol–water partition coefficient (Wildman–Crippen LogP) is 4.73. The van der Waals surface area contributed by atoms with E-state index in [0.29, 0.717) is 13.2 Å². The first kappa shape index (κ1) is 17.4. The molecule has 0 spiro atoms. The lowest BCUT2D eigenvalue weighted by atomic mass is 10.0. The van der Waals surface area contributed by atoms with Gasteiger partial charge in [-0.2, -0.15) is 0 Å². The first-order valence-electron chi connectivity index (χ1n) is 9.18. The van der Waals surface area contributed by atoms with Crippen LogP contribution < -0.4 is 14.4 Å². The molecule has 4 rings (SSSR count). The third kappa shape index (κ3) is 3.23. The van der Waals surface area contributed by atoms with Gasteiger partial charge in [0.25, 0.3) is 5.91 Å². The molecule has 0 atom stereocenters. The molecule has 0 radical (unpaired) electrons. The van der Waals surface area contributed by atoms with Crippen molar-refractivity contribution >= 4 is 22.4 Å². The van der Waals surface area contributed by atoms with Crippen molar-refractivity contribution in [3.8, 4) is 11.5 Å². The largest absolute Gasteiger partial charge is 0.491 e. The zero-order valence-electron chi connectivity index (χ0n) is 15.9. The van der Waals surface area contributed by atoms with Crippen LogP contribution in [0.25, 0.3) is 10.8 Å². The lowest BCUT2D eigenvalue weighted by Crippen LogP contribution is -2.53. The van der Waals surface area contributed by atoms with Crippen LogP contribution >= 0.6 is 0 Å². The number of amides is 1. The molecule has 0 N–H and O–H groups in total. The number of anilines is 1. The molecule has 0 fully saturated rings. The molecule has 0 unspecified atom stereocenters. The van der Waals surface area contributed by atoms with Crippen molar-refractivity contribution in [2.45, 2.75) is 26.4 Å². The summed E-state index contributed by atoms with van der Waals surface area (Å²) in [5, 5.41) is 2.21. The highest BCUT2D eigenvalue weighted by Crippen LogP contribution is 2.38. The highest BCUT2D eigenvalue weighted by Gasteiger charge is 2.40.